The van der Waals surface area contributed by atoms with Crippen LogP contribution >= 0.6 is 0 Å². The average molecular weight is 338 g/mol. The molecule has 2 aromatic rings. The first kappa shape index (κ1) is 18.0. The molecule has 0 bridgehead atoms. The SMILES string of the molecule is Cc1ccccc1OCC(=O)OCC(=O)Nc1ccc(CC#N)cc1. The number of ether oxygens (including phenoxy) is 2. The number of hydrogen-bond donors (Lipinski definition) is 1. The summed E-state index contributed by atoms with van der Waals surface area (Å²) in [6.07, 6.45) is 0.312. The second-order valence-electron chi connectivity index (χ2n) is 5.29. The molecule has 0 aromatic heterocycles. The third kappa shape index (κ3) is 5.99. The topological polar surface area (TPSA) is 88.4 Å². The molecule has 128 valence electrons. The fraction of sp³-hybridized carbons (Fsp3) is 0.211. The number of esters is 1. The van der Waals surface area contributed by atoms with E-state index in [2.05, 4.69) is 5.32 Å². The quantitative estimate of drug-likeness (QED) is 0.784. The van der Waals surface area contributed by atoms with Crippen molar-refractivity contribution >= 4 is 17.6 Å². The van der Waals surface area contributed by atoms with Crippen LogP contribution in [0.5, 0.6) is 5.75 Å². The number of hydrogen-bond acceptors (Lipinski definition) is 5. The zero-order valence-electron chi connectivity index (χ0n) is 13.8. The number of nitriles is 1. The van der Waals surface area contributed by atoms with Crippen LogP contribution < -0.4 is 10.1 Å². The van der Waals surface area contributed by atoms with E-state index in [9.17, 15) is 9.59 Å². The van der Waals surface area contributed by atoms with Crippen LogP contribution in [0.2, 0.25) is 0 Å². The number of carbonyl (C=O) groups is 2. The molecule has 0 aliphatic rings. The fourth-order valence-electron chi connectivity index (χ4n) is 2.04. The molecule has 0 fully saturated rings. The summed E-state index contributed by atoms with van der Waals surface area (Å²) in [5.74, 6) is -0.471. The summed E-state index contributed by atoms with van der Waals surface area (Å²) in [6, 6.07) is 16.2. The maximum Gasteiger partial charge on any atom is 0.344 e. The van der Waals surface area contributed by atoms with Crippen LogP contribution in [0.1, 0.15) is 11.1 Å². The molecule has 0 unspecified atom stereocenters. The van der Waals surface area contributed by atoms with Gasteiger partial charge in [-0.05, 0) is 36.2 Å². The van der Waals surface area contributed by atoms with Crippen LogP contribution in [0, 0.1) is 18.3 Å². The molecule has 0 spiro atoms. The highest BCUT2D eigenvalue weighted by atomic mass is 16.6. The van der Waals surface area contributed by atoms with E-state index in [-0.39, 0.29) is 6.61 Å². The Labute approximate surface area is 146 Å². The Balaban J connectivity index is 1.73. The lowest BCUT2D eigenvalue weighted by Crippen LogP contribution is -2.23. The van der Waals surface area contributed by atoms with E-state index in [0.29, 0.717) is 17.9 Å². The molecule has 1 amide bonds. The normalized spacial score (nSPS) is 9.76. The number of amides is 1. The Morgan fingerprint density at radius 1 is 1.08 bits per heavy atom. The number of anilines is 1. The second-order valence-corrected chi connectivity index (χ2v) is 5.29. The minimum Gasteiger partial charge on any atom is -0.482 e. The van der Waals surface area contributed by atoms with Crippen molar-refractivity contribution in [1.29, 1.82) is 5.26 Å². The molecule has 6 nitrogen and oxygen atoms in total. The molecule has 0 saturated heterocycles. The molecule has 6 heteroatoms. The van der Waals surface area contributed by atoms with E-state index >= 15 is 0 Å². The van der Waals surface area contributed by atoms with Crippen molar-refractivity contribution < 1.29 is 19.1 Å². The summed E-state index contributed by atoms with van der Waals surface area (Å²) in [6.45, 7) is 1.22. The minimum atomic E-state index is -0.622. The number of rotatable bonds is 7. The van der Waals surface area contributed by atoms with Crippen molar-refractivity contribution in [3.05, 3.63) is 59.7 Å². The monoisotopic (exact) mass is 338 g/mol. The van der Waals surface area contributed by atoms with Gasteiger partial charge in [0.15, 0.2) is 13.2 Å². The Hall–Kier alpha value is -3.33. The molecule has 25 heavy (non-hydrogen) atoms. The zero-order valence-corrected chi connectivity index (χ0v) is 13.8. The number of nitrogens with one attached hydrogen (secondary N) is 1. The van der Waals surface area contributed by atoms with Gasteiger partial charge in [0.1, 0.15) is 5.75 Å². The van der Waals surface area contributed by atoms with E-state index < -0.39 is 18.5 Å². The van der Waals surface area contributed by atoms with E-state index in [1.54, 1.807) is 30.3 Å². The van der Waals surface area contributed by atoms with Crippen molar-refractivity contribution in [3.63, 3.8) is 0 Å². The maximum absolute atomic E-state index is 11.8. The van der Waals surface area contributed by atoms with Gasteiger partial charge in [-0.1, -0.05) is 30.3 Å². The third-order valence-corrected chi connectivity index (χ3v) is 3.32. The average Bonchev–Trinajstić information content (AvgIpc) is 2.61. The minimum absolute atomic E-state index is 0.263. The van der Waals surface area contributed by atoms with Gasteiger partial charge in [-0.2, -0.15) is 5.26 Å². The number of para-hydroxylation sites is 1. The predicted octanol–water partition coefficient (Wildman–Crippen LogP) is 2.62. The zero-order chi connectivity index (χ0) is 18.1. The van der Waals surface area contributed by atoms with Crippen LogP contribution in [-0.2, 0) is 20.7 Å². The molecule has 2 aromatic carbocycles. The number of benzene rings is 2. The molecule has 0 radical (unpaired) electrons. The predicted molar refractivity (Wildman–Crippen MR) is 92.0 cm³/mol. The van der Waals surface area contributed by atoms with Gasteiger partial charge in [0.05, 0.1) is 12.5 Å². The fourth-order valence-corrected chi connectivity index (χ4v) is 2.04. The van der Waals surface area contributed by atoms with Crippen LogP contribution in [0.15, 0.2) is 48.5 Å². The first-order valence-corrected chi connectivity index (χ1v) is 7.68. The summed E-state index contributed by atoms with van der Waals surface area (Å²) in [5.41, 5.74) is 2.34. The van der Waals surface area contributed by atoms with Crippen molar-refractivity contribution in [2.75, 3.05) is 18.5 Å². The lowest BCUT2D eigenvalue weighted by atomic mass is 10.1. The van der Waals surface area contributed by atoms with Gasteiger partial charge in [0.2, 0.25) is 0 Å². The van der Waals surface area contributed by atoms with Gasteiger partial charge >= 0.3 is 5.97 Å². The van der Waals surface area contributed by atoms with Crippen LogP contribution in [0.3, 0.4) is 0 Å². The highest BCUT2D eigenvalue weighted by Gasteiger charge is 2.09. The highest BCUT2D eigenvalue weighted by molar-refractivity contribution is 5.92. The molecule has 0 heterocycles. The molecular weight excluding hydrogens is 320 g/mol. The lowest BCUT2D eigenvalue weighted by molar-refractivity contribution is -0.149. The third-order valence-electron chi connectivity index (χ3n) is 3.32. The number of nitrogens with zero attached hydrogens (tertiary/aromatic N) is 1. The second kappa shape index (κ2) is 9.08. The molecular formula is C19H18N2O4. The van der Waals surface area contributed by atoms with Crippen molar-refractivity contribution in [3.8, 4) is 11.8 Å². The molecule has 2 rings (SSSR count). The summed E-state index contributed by atoms with van der Waals surface area (Å²) < 4.78 is 10.2. The summed E-state index contributed by atoms with van der Waals surface area (Å²) in [7, 11) is 0. The van der Waals surface area contributed by atoms with Gasteiger partial charge in [0.25, 0.3) is 5.91 Å². The highest BCUT2D eigenvalue weighted by Crippen LogP contribution is 2.15. The van der Waals surface area contributed by atoms with Crippen LogP contribution in [-0.4, -0.2) is 25.1 Å². The van der Waals surface area contributed by atoms with E-state index in [0.717, 1.165) is 11.1 Å². The van der Waals surface area contributed by atoms with Gasteiger partial charge in [-0.15, -0.1) is 0 Å². The molecule has 0 aliphatic carbocycles. The maximum atomic E-state index is 11.8. The smallest absolute Gasteiger partial charge is 0.344 e. The number of carbonyl (C=O) groups excluding carboxylic acids is 2. The first-order valence-electron chi connectivity index (χ1n) is 7.68. The summed E-state index contributed by atoms with van der Waals surface area (Å²) in [5, 5.41) is 11.2. The van der Waals surface area contributed by atoms with Crippen molar-refractivity contribution in [1.82, 2.24) is 0 Å². The summed E-state index contributed by atoms with van der Waals surface area (Å²) in [4.78, 5) is 23.4. The lowest BCUT2D eigenvalue weighted by Gasteiger charge is -2.09. The largest absolute Gasteiger partial charge is 0.482 e. The van der Waals surface area contributed by atoms with E-state index in [1.165, 1.54) is 0 Å². The summed E-state index contributed by atoms with van der Waals surface area (Å²) >= 11 is 0. The first-order chi connectivity index (χ1) is 12.1. The molecule has 0 atom stereocenters. The van der Waals surface area contributed by atoms with E-state index in [4.69, 9.17) is 14.7 Å². The van der Waals surface area contributed by atoms with Crippen molar-refractivity contribution in [2.24, 2.45) is 0 Å². The molecule has 1 N–H and O–H groups in total. The van der Waals surface area contributed by atoms with Crippen LogP contribution in [0.25, 0.3) is 0 Å². The Bertz CT molecular complexity index is 779. The van der Waals surface area contributed by atoms with Gasteiger partial charge in [0, 0.05) is 5.69 Å². The Morgan fingerprint density at radius 2 is 1.80 bits per heavy atom. The Morgan fingerprint density at radius 3 is 2.48 bits per heavy atom. The van der Waals surface area contributed by atoms with E-state index in [1.807, 2.05) is 31.2 Å². The van der Waals surface area contributed by atoms with Crippen LogP contribution in [0.4, 0.5) is 5.69 Å². The van der Waals surface area contributed by atoms with Gasteiger partial charge in [-0.25, -0.2) is 4.79 Å². The van der Waals surface area contributed by atoms with Gasteiger partial charge < -0.3 is 14.8 Å². The molecule has 0 saturated carbocycles. The van der Waals surface area contributed by atoms with Gasteiger partial charge in [-0.3, -0.25) is 4.79 Å². The number of aryl methyl sites for hydroxylation is 1. The standard InChI is InChI=1S/C19H18N2O4/c1-14-4-2-3-5-17(14)24-13-19(23)25-12-18(22)21-16-8-6-15(7-9-16)10-11-20/h2-9H,10,12-13H2,1H3,(H,21,22). The molecule has 0 aliphatic heterocycles. The van der Waals surface area contributed by atoms with Crippen molar-refractivity contribution in [2.45, 2.75) is 13.3 Å². The Kier molecular flexibility index (Phi) is 6.55.